The molecule has 1 atom stereocenters. The molecule has 0 saturated carbocycles. The van der Waals surface area contributed by atoms with Crippen molar-refractivity contribution in [2.24, 2.45) is 5.73 Å². The summed E-state index contributed by atoms with van der Waals surface area (Å²) >= 11 is 1.72. The fourth-order valence-corrected chi connectivity index (χ4v) is 4.39. The average molecular weight is 329 g/mol. The van der Waals surface area contributed by atoms with Crippen LogP contribution in [0.25, 0.3) is 0 Å². The molecule has 0 spiro atoms. The summed E-state index contributed by atoms with van der Waals surface area (Å²) < 4.78 is 0. The van der Waals surface area contributed by atoms with Crippen molar-refractivity contribution >= 4 is 22.2 Å². The molecule has 3 rings (SSSR count). The Bertz CT molecular complexity index is 668. The Morgan fingerprint density at radius 1 is 1.35 bits per heavy atom. The van der Waals surface area contributed by atoms with Crippen LogP contribution in [0.15, 0.2) is 30.3 Å². The Balaban J connectivity index is 1.63. The van der Waals surface area contributed by atoms with E-state index >= 15 is 0 Å². The maximum Gasteiger partial charge on any atom is 0.240 e. The predicted molar refractivity (Wildman–Crippen MR) is 94.9 cm³/mol. The maximum absolute atomic E-state index is 11.6. The van der Waals surface area contributed by atoms with E-state index in [0.717, 1.165) is 54.4 Å². The average Bonchev–Trinajstić information content (AvgIpc) is 3.15. The van der Waals surface area contributed by atoms with Gasteiger partial charge in [-0.1, -0.05) is 30.3 Å². The van der Waals surface area contributed by atoms with Crippen molar-refractivity contribution in [2.75, 3.05) is 11.4 Å². The van der Waals surface area contributed by atoms with Gasteiger partial charge < -0.3 is 10.6 Å². The van der Waals surface area contributed by atoms with Gasteiger partial charge in [-0.05, 0) is 44.6 Å². The smallest absolute Gasteiger partial charge is 0.240 e. The molecule has 1 aromatic carbocycles. The fourth-order valence-electron chi connectivity index (χ4n) is 3.21. The van der Waals surface area contributed by atoms with E-state index in [0.29, 0.717) is 0 Å². The van der Waals surface area contributed by atoms with Crippen molar-refractivity contribution < 1.29 is 4.79 Å². The highest BCUT2D eigenvalue weighted by Crippen LogP contribution is 2.34. The largest absolute Gasteiger partial charge is 0.368 e. The zero-order valence-corrected chi connectivity index (χ0v) is 14.3. The van der Waals surface area contributed by atoms with E-state index in [9.17, 15) is 4.79 Å². The minimum Gasteiger partial charge on any atom is -0.368 e. The van der Waals surface area contributed by atoms with Crippen LogP contribution in [0.3, 0.4) is 0 Å². The third kappa shape index (κ3) is 3.72. The molecule has 1 saturated heterocycles. The summed E-state index contributed by atoms with van der Waals surface area (Å²) in [5.41, 5.74) is 7.93. The van der Waals surface area contributed by atoms with Gasteiger partial charge in [-0.3, -0.25) is 4.79 Å². The van der Waals surface area contributed by atoms with Crippen molar-refractivity contribution in [3.8, 4) is 0 Å². The monoisotopic (exact) mass is 329 g/mol. The SMILES string of the molecule is Cc1nc(CCCc2ccccc2)sc1N1CCCC1C(N)=O. The van der Waals surface area contributed by atoms with Crippen LogP contribution in [0.1, 0.15) is 35.5 Å². The quantitative estimate of drug-likeness (QED) is 0.886. The number of nitrogens with two attached hydrogens (primary N) is 1. The zero-order valence-electron chi connectivity index (χ0n) is 13.5. The number of rotatable bonds is 6. The van der Waals surface area contributed by atoms with E-state index in [1.54, 1.807) is 11.3 Å². The third-order valence-electron chi connectivity index (χ3n) is 4.36. The van der Waals surface area contributed by atoms with Crippen molar-refractivity contribution in [1.29, 1.82) is 0 Å². The van der Waals surface area contributed by atoms with Crippen LogP contribution in [0.4, 0.5) is 5.00 Å². The van der Waals surface area contributed by atoms with Gasteiger partial charge in [0.05, 0.1) is 10.7 Å². The number of anilines is 1. The molecule has 1 aromatic heterocycles. The first kappa shape index (κ1) is 16.0. The summed E-state index contributed by atoms with van der Waals surface area (Å²) in [7, 11) is 0. The second-order valence-corrected chi connectivity index (χ2v) is 7.15. The van der Waals surface area contributed by atoms with Gasteiger partial charge in [0.15, 0.2) is 0 Å². The second kappa shape index (κ2) is 7.13. The van der Waals surface area contributed by atoms with E-state index in [4.69, 9.17) is 10.7 Å². The summed E-state index contributed by atoms with van der Waals surface area (Å²) in [6.07, 6.45) is 5.03. The molecule has 2 aromatic rings. The summed E-state index contributed by atoms with van der Waals surface area (Å²) in [5.74, 6) is -0.221. The van der Waals surface area contributed by atoms with E-state index in [1.807, 2.05) is 13.0 Å². The number of benzene rings is 1. The molecule has 122 valence electrons. The van der Waals surface area contributed by atoms with E-state index in [2.05, 4.69) is 29.2 Å². The first-order valence-electron chi connectivity index (χ1n) is 8.21. The number of thiazole rings is 1. The van der Waals surface area contributed by atoms with Crippen molar-refractivity contribution in [2.45, 2.75) is 45.1 Å². The molecular formula is C18H23N3OS. The predicted octanol–water partition coefficient (Wildman–Crippen LogP) is 3.08. The Labute approximate surface area is 141 Å². The number of amides is 1. The molecule has 23 heavy (non-hydrogen) atoms. The molecule has 5 heteroatoms. The number of aryl methyl sites for hydroxylation is 3. The highest BCUT2D eigenvalue weighted by molar-refractivity contribution is 7.15. The molecular weight excluding hydrogens is 306 g/mol. The van der Waals surface area contributed by atoms with E-state index in [1.165, 1.54) is 5.56 Å². The standard InChI is InChI=1S/C18H23N3OS/c1-13-18(21-12-6-10-15(21)17(19)22)23-16(20-13)11-5-9-14-7-3-2-4-8-14/h2-4,7-8,15H,5-6,9-12H2,1H3,(H2,19,22). The molecule has 1 aliphatic heterocycles. The number of aromatic nitrogens is 1. The molecule has 1 aliphatic rings. The minimum absolute atomic E-state index is 0.161. The van der Waals surface area contributed by atoms with Gasteiger partial charge in [0.2, 0.25) is 5.91 Å². The van der Waals surface area contributed by atoms with Crippen LogP contribution in [0, 0.1) is 6.92 Å². The van der Waals surface area contributed by atoms with Gasteiger partial charge in [-0.2, -0.15) is 0 Å². The molecule has 1 amide bonds. The van der Waals surface area contributed by atoms with Crippen LogP contribution < -0.4 is 10.6 Å². The lowest BCUT2D eigenvalue weighted by Gasteiger charge is -2.22. The van der Waals surface area contributed by atoms with Crippen molar-refractivity contribution in [3.63, 3.8) is 0 Å². The van der Waals surface area contributed by atoms with Gasteiger partial charge in [-0.25, -0.2) is 4.98 Å². The van der Waals surface area contributed by atoms with Gasteiger partial charge >= 0.3 is 0 Å². The van der Waals surface area contributed by atoms with Crippen LogP contribution in [-0.2, 0) is 17.6 Å². The lowest BCUT2D eigenvalue weighted by molar-refractivity contribution is -0.119. The minimum atomic E-state index is -0.221. The molecule has 4 nitrogen and oxygen atoms in total. The number of primary amides is 1. The summed E-state index contributed by atoms with van der Waals surface area (Å²) in [5, 5.41) is 2.28. The normalized spacial score (nSPS) is 17.6. The fraction of sp³-hybridized carbons (Fsp3) is 0.444. The number of carbonyl (C=O) groups is 1. The first-order valence-corrected chi connectivity index (χ1v) is 9.03. The number of nitrogens with zero attached hydrogens (tertiary/aromatic N) is 2. The Morgan fingerprint density at radius 3 is 2.87 bits per heavy atom. The topological polar surface area (TPSA) is 59.2 Å². The van der Waals surface area contributed by atoms with E-state index < -0.39 is 0 Å². The molecule has 1 unspecified atom stereocenters. The van der Waals surface area contributed by atoms with Crippen LogP contribution in [-0.4, -0.2) is 23.5 Å². The van der Waals surface area contributed by atoms with Gasteiger partial charge in [-0.15, -0.1) is 11.3 Å². The maximum atomic E-state index is 11.6. The Morgan fingerprint density at radius 2 is 2.13 bits per heavy atom. The number of carbonyl (C=O) groups excluding carboxylic acids is 1. The summed E-state index contributed by atoms with van der Waals surface area (Å²) in [4.78, 5) is 18.5. The van der Waals surface area contributed by atoms with Gasteiger partial charge in [0, 0.05) is 6.54 Å². The first-order chi connectivity index (χ1) is 11.1. The van der Waals surface area contributed by atoms with Gasteiger partial charge in [0.25, 0.3) is 0 Å². The lowest BCUT2D eigenvalue weighted by Crippen LogP contribution is -2.40. The van der Waals surface area contributed by atoms with Crippen LogP contribution in [0.5, 0.6) is 0 Å². The van der Waals surface area contributed by atoms with Crippen molar-refractivity contribution in [1.82, 2.24) is 4.98 Å². The summed E-state index contributed by atoms with van der Waals surface area (Å²) in [6, 6.07) is 10.4. The molecule has 1 fully saturated rings. The van der Waals surface area contributed by atoms with Gasteiger partial charge in [0.1, 0.15) is 11.0 Å². The molecule has 0 bridgehead atoms. The Kier molecular flexibility index (Phi) is 4.96. The van der Waals surface area contributed by atoms with Crippen molar-refractivity contribution in [3.05, 3.63) is 46.6 Å². The highest BCUT2D eigenvalue weighted by atomic mass is 32.1. The molecule has 2 N–H and O–H groups in total. The lowest BCUT2D eigenvalue weighted by atomic mass is 10.1. The third-order valence-corrected chi connectivity index (χ3v) is 5.61. The Hall–Kier alpha value is -1.88. The number of hydrogen-bond donors (Lipinski definition) is 1. The zero-order chi connectivity index (χ0) is 16.2. The second-order valence-electron chi connectivity index (χ2n) is 6.09. The molecule has 0 aliphatic carbocycles. The van der Waals surface area contributed by atoms with Crippen LogP contribution in [0.2, 0.25) is 0 Å². The summed E-state index contributed by atoms with van der Waals surface area (Å²) in [6.45, 7) is 2.93. The molecule has 0 radical (unpaired) electrons. The number of hydrogen-bond acceptors (Lipinski definition) is 4. The highest BCUT2D eigenvalue weighted by Gasteiger charge is 2.31. The van der Waals surface area contributed by atoms with Crippen LogP contribution >= 0.6 is 11.3 Å². The molecule has 2 heterocycles. The van der Waals surface area contributed by atoms with E-state index in [-0.39, 0.29) is 11.9 Å².